The van der Waals surface area contributed by atoms with Crippen molar-refractivity contribution in [3.8, 4) is 12.3 Å². The molecular formula is C29H33F5O2. The Morgan fingerprint density at radius 2 is 1.44 bits per heavy atom. The van der Waals surface area contributed by atoms with Gasteiger partial charge in [0.05, 0.1) is 11.5 Å². The molecule has 4 aliphatic rings. The zero-order valence-corrected chi connectivity index (χ0v) is 20.9. The molecule has 1 aromatic rings. The Labute approximate surface area is 209 Å². The van der Waals surface area contributed by atoms with Gasteiger partial charge in [-0.1, -0.05) is 19.8 Å². The molecule has 0 bridgehead atoms. The average Bonchev–Trinajstić information content (AvgIpc) is 3.19. The molecule has 1 aromatic carbocycles. The molecule has 36 heavy (non-hydrogen) atoms. The SMILES string of the molecule is C#CC1C[C@@]2(C)C(CC[C@H]3[C@@H]4CC[C@H](C(C)=O)[C@@]4(C)CC[C@@H]32)C[C@@]1(O)c1c(F)c(F)c(F)c(F)c1F. The Hall–Kier alpha value is -1.94. The lowest BCUT2D eigenvalue weighted by molar-refractivity contribution is -0.171. The maximum atomic E-state index is 14.8. The smallest absolute Gasteiger partial charge is 0.200 e. The van der Waals surface area contributed by atoms with Gasteiger partial charge < -0.3 is 5.11 Å². The summed E-state index contributed by atoms with van der Waals surface area (Å²) in [5.41, 5.74) is -3.94. The summed E-state index contributed by atoms with van der Waals surface area (Å²) < 4.78 is 71.6. The Kier molecular flexibility index (Phi) is 5.91. The van der Waals surface area contributed by atoms with Crippen LogP contribution in [-0.2, 0) is 10.4 Å². The highest BCUT2D eigenvalue weighted by molar-refractivity contribution is 5.79. The van der Waals surface area contributed by atoms with Crippen LogP contribution < -0.4 is 0 Å². The third kappa shape index (κ3) is 3.22. The molecule has 4 saturated carbocycles. The van der Waals surface area contributed by atoms with Gasteiger partial charge in [-0.25, -0.2) is 22.0 Å². The number of rotatable bonds is 2. The maximum absolute atomic E-state index is 14.8. The van der Waals surface area contributed by atoms with Crippen molar-refractivity contribution in [1.82, 2.24) is 0 Å². The van der Waals surface area contributed by atoms with E-state index in [-0.39, 0.29) is 47.2 Å². The number of Topliss-reactive ketones (excluding diaryl/α,β-unsaturated/α-hetero) is 1. The molecule has 9 atom stereocenters. The largest absolute Gasteiger partial charge is 0.384 e. The molecule has 0 radical (unpaired) electrons. The summed E-state index contributed by atoms with van der Waals surface area (Å²) in [6.07, 6.45) is 11.1. The van der Waals surface area contributed by atoms with Crippen molar-refractivity contribution in [3.63, 3.8) is 0 Å². The predicted molar refractivity (Wildman–Crippen MR) is 124 cm³/mol. The molecule has 0 aromatic heterocycles. The summed E-state index contributed by atoms with van der Waals surface area (Å²) in [7, 11) is 0. The number of fused-ring (bicyclic) bond motifs is 5. The Morgan fingerprint density at radius 3 is 2.03 bits per heavy atom. The Morgan fingerprint density at radius 1 is 0.861 bits per heavy atom. The minimum Gasteiger partial charge on any atom is -0.384 e. The van der Waals surface area contributed by atoms with E-state index in [2.05, 4.69) is 19.8 Å². The van der Waals surface area contributed by atoms with Crippen LogP contribution >= 0.6 is 0 Å². The second-order valence-electron chi connectivity index (χ2n) is 12.4. The molecule has 0 heterocycles. The fourth-order valence-electron chi connectivity index (χ4n) is 9.44. The summed E-state index contributed by atoms with van der Waals surface area (Å²) in [6.45, 7) is 6.05. The first kappa shape index (κ1) is 25.7. The van der Waals surface area contributed by atoms with E-state index in [1.165, 1.54) is 0 Å². The van der Waals surface area contributed by atoms with Crippen LogP contribution in [0.15, 0.2) is 0 Å². The topological polar surface area (TPSA) is 37.3 Å². The molecular weight excluding hydrogens is 475 g/mol. The fourth-order valence-corrected chi connectivity index (χ4v) is 9.44. The first-order valence-electron chi connectivity index (χ1n) is 13.0. The van der Waals surface area contributed by atoms with Crippen LogP contribution in [0.1, 0.15) is 77.7 Å². The number of hydrogen-bond acceptors (Lipinski definition) is 2. The standard InChI is InChI=1S/C29H33F5O2/c1-5-15-12-28(4)16(13-29(15,36)21-22(30)24(32)26(34)25(33)23(21)31)6-7-17-19-9-8-18(14(2)35)27(19,3)11-10-20(17)28/h1,15-20,36H,6-13H2,2-4H3/t15?,16?,17-,18+,19-,20-,27+,28-,29-/m0/s1. The molecule has 0 aliphatic heterocycles. The van der Waals surface area contributed by atoms with E-state index in [1.807, 2.05) is 0 Å². The van der Waals surface area contributed by atoms with E-state index in [1.54, 1.807) is 6.92 Å². The highest BCUT2D eigenvalue weighted by atomic mass is 19.2. The number of aliphatic hydroxyl groups is 1. The van der Waals surface area contributed by atoms with Gasteiger partial charge in [-0.05, 0) is 92.8 Å². The molecule has 196 valence electrons. The van der Waals surface area contributed by atoms with Gasteiger partial charge in [0.2, 0.25) is 5.82 Å². The van der Waals surface area contributed by atoms with Gasteiger partial charge in [-0.2, -0.15) is 0 Å². The van der Waals surface area contributed by atoms with Gasteiger partial charge in [0.25, 0.3) is 0 Å². The highest BCUT2D eigenvalue weighted by Crippen LogP contribution is 2.69. The minimum absolute atomic E-state index is 0.0352. The van der Waals surface area contributed by atoms with Gasteiger partial charge in [-0.3, -0.25) is 4.79 Å². The number of halogens is 5. The third-order valence-electron chi connectivity index (χ3n) is 11.2. The molecule has 7 heteroatoms. The van der Waals surface area contributed by atoms with Crippen LogP contribution in [0.4, 0.5) is 22.0 Å². The van der Waals surface area contributed by atoms with Crippen LogP contribution in [0.3, 0.4) is 0 Å². The molecule has 1 N–H and O–H groups in total. The molecule has 4 fully saturated rings. The van der Waals surface area contributed by atoms with E-state index in [9.17, 15) is 31.9 Å². The predicted octanol–water partition coefficient (Wildman–Crippen LogP) is 6.68. The third-order valence-corrected chi connectivity index (χ3v) is 11.2. The van der Waals surface area contributed by atoms with Crippen molar-refractivity contribution in [3.05, 3.63) is 34.6 Å². The molecule has 2 nitrogen and oxygen atoms in total. The lowest BCUT2D eigenvalue weighted by atomic mass is 9.42. The average molecular weight is 509 g/mol. The van der Waals surface area contributed by atoms with Gasteiger partial charge in [0, 0.05) is 5.92 Å². The van der Waals surface area contributed by atoms with Crippen molar-refractivity contribution in [2.75, 3.05) is 0 Å². The number of terminal acetylenes is 1. The van der Waals surface area contributed by atoms with Crippen molar-refractivity contribution in [2.24, 2.45) is 46.3 Å². The lowest BCUT2D eigenvalue weighted by Crippen LogP contribution is -2.58. The second kappa shape index (κ2) is 8.28. The fraction of sp³-hybridized carbons (Fsp3) is 0.690. The monoisotopic (exact) mass is 508 g/mol. The zero-order chi connectivity index (χ0) is 26.4. The summed E-state index contributed by atoms with van der Waals surface area (Å²) in [5.74, 6) is -7.88. The van der Waals surface area contributed by atoms with E-state index in [4.69, 9.17) is 6.42 Å². The van der Waals surface area contributed by atoms with Crippen molar-refractivity contribution < 1.29 is 31.9 Å². The van der Waals surface area contributed by atoms with Crippen LogP contribution in [-0.4, -0.2) is 10.9 Å². The maximum Gasteiger partial charge on any atom is 0.200 e. The van der Waals surface area contributed by atoms with Crippen LogP contribution in [0.5, 0.6) is 0 Å². The summed E-state index contributed by atoms with van der Waals surface area (Å²) in [6, 6.07) is 0. The minimum atomic E-state index is -2.36. The summed E-state index contributed by atoms with van der Waals surface area (Å²) in [5, 5.41) is 11.6. The Bertz CT molecular complexity index is 1130. The second-order valence-corrected chi connectivity index (χ2v) is 12.4. The first-order valence-corrected chi connectivity index (χ1v) is 13.0. The van der Waals surface area contributed by atoms with E-state index in [0.29, 0.717) is 18.3 Å². The van der Waals surface area contributed by atoms with Gasteiger partial charge in [0.15, 0.2) is 23.3 Å². The zero-order valence-electron chi connectivity index (χ0n) is 20.9. The highest BCUT2D eigenvalue weighted by Gasteiger charge is 2.64. The van der Waals surface area contributed by atoms with Crippen molar-refractivity contribution >= 4 is 5.78 Å². The summed E-state index contributed by atoms with van der Waals surface area (Å²) >= 11 is 0. The molecule has 0 amide bonds. The number of carbonyl (C=O) groups is 1. The number of carbonyl (C=O) groups excluding carboxylic acids is 1. The van der Waals surface area contributed by atoms with E-state index < -0.39 is 46.2 Å². The number of hydrogen-bond donors (Lipinski definition) is 1. The molecule has 5 rings (SSSR count). The quantitative estimate of drug-likeness (QED) is 0.210. The van der Waals surface area contributed by atoms with E-state index >= 15 is 0 Å². The number of ketones is 1. The first-order chi connectivity index (χ1) is 16.8. The van der Waals surface area contributed by atoms with Crippen LogP contribution in [0.2, 0.25) is 0 Å². The molecule has 2 unspecified atom stereocenters. The summed E-state index contributed by atoms with van der Waals surface area (Å²) in [4.78, 5) is 12.4. The van der Waals surface area contributed by atoms with E-state index in [0.717, 1.165) is 32.1 Å². The van der Waals surface area contributed by atoms with Gasteiger partial charge >= 0.3 is 0 Å². The number of benzene rings is 1. The van der Waals surface area contributed by atoms with Crippen molar-refractivity contribution in [2.45, 2.75) is 77.7 Å². The van der Waals surface area contributed by atoms with Gasteiger partial charge in [0.1, 0.15) is 11.4 Å². The Balaban J connectivity index is 1.52. The van der Waals surface area contributed by atoms with Crippen LogP contribution in [0.25, 0.3) is 0 Å². The van der Waals surface area contributed by atoms with Crippen molar-refractivity contribution in [1.29, 1.82) is 0 Å². The lowest BCUT2D eigenvalue weighted by Gasteiger charge is -2.63. The molecule has 0 saturated heterocycles. The normalized spacial score (nSPS) is 43.8. The molecule has 0 spiro atoms. The van der Waals surface area contributed by atoms with Gasteiger partial charge in [-0.15, -0.1) is 6.42 Å². The van der Waals surface area contributed by atoms with Crippen LogP contribution in [0, 0.1) is 87.8 Å². The molecule has 4 aliphatic carbocycles.